The van der Waals surface area contributed by atoms with Crippen molar-refractivity contribution in [2.24, 2.45) is 0 Å². The zero-order chi connectivity index (χ0) is 11.5. The summed E-state index contributed by atoms with van der Waals surface area (Å²) >= 11 is 17.4. The Labute approximate surface area is 107 Å². The lowest BCUT2D eigenvalue weighted by atomic mass is 10.3. The number of halogens is 3. The van der Waals surface area contributed by atoms with E-state index in [1.54, 1.807) is 12.1 Å². The Bertz CT molecular complexity index is 502. The van der Waals surface area contributed by atoms with E-state index in [1.165, 1.54) is 0 Å². The van der Waals surface area contributed by atoms with E-state index in [1.807, 2.05) is 12.1 Å². The van der Waals surface area contributed by atoms with Gasteiger partial charge in [-0.15, -0.1) is 0 Å². The number of hydrogen-bond donors (Lipinski definition) is 1. The van der Waals surface area contributed by atoms with Crippen LogP contribution in [0.5, 0.6) is 0 Å². The summed E-state index contributed by atoms with van der Waals surface area (Å²) in [5.74, 6) is 0.367. The van der Waals surface area contributed by atoms with E-state index in [0.29, 0.717) is 5.82 Å². The average Bonchev–Trinajstić information content (AvgIpc) is 2.27. The Morgan fingerprint density at radius 1 is 1.19 bits per heavy atom. The third-order valence-electron chi connectivity index (χ3n) is 1.75. The van der Waals surface area contributed by atoms with Gasteiger partial charge in [-0.1, -0.05) is 35.3 Å². The first-order valence-electron chi connectivity index (χ1n) is 4.28. The summed E-state index contributed by atoms with van der Waals surface area (Å²) in [5, 5.41) is 3.36. The van der Waals surface area contributed by atoms with Gasteiger partial charge in [-0.3, -0.25) is 0 Å². The number of aromatic nitrogens is 2. The highest BCUT2D eigenvalue weighted by molar-refractivity contribution is 6.43. The highest BCUT2D eigenvalue weighted by atomic mass is 35.5. The molecule has 0 aliphatic rings. The van der Waals surface area contributed by atoms with Crippen LogP contribution in [-0.2, 0) is 0 Å². The minimum atomic E-state index is 0.0387. The fraction of sp³-hybridized carbons (Fsp3) is 0. The molecule has 0 unspecified atom stereocenters. The van der Waals surface area contributed by atoms with Crippen LogP contribution in [0.1, 0.15) is 0 Å². The van der Waals surface area contributed by atoms with Gasteiger partial charge in [0.05, 0.1) is 0 Å². The van der Waals surface area contributed by atoms with Crippen molar-refractivity contribution in [3.63, 3.8) is 0 Å². The number of nitrogens with one attached hydrogen (secondary N) is 1. The van der Waals surface area contributed by atoms with E-state index in [0.717, 1.165) is 5.69 Å². The molecule has 6 heteroatoms. The molecule has 0 amide bonds. The first kappa shape index (κ1) is 11.5. The predicted octanol–water partition coefficient (Wildman–Crippen LogP) is 3.98. The summed E-state index contributed by atoms with van der Waals surface area (Å²) in [6.07, 6.45) is 0. The van der Waals surface area contributed by atoms with Crippen molar-refractivity contribution in [3.05, 3.63) is 45.8 Å². The molecule has 2 rings (SSSR count). The highest BCUT2D eigenvalue weighted by Gasteiger charge is 2.10. The van der Waals surface area contributed by atoms with E-state index in [-0.39, 0.29) is 15.5 Å². The van der Waals surface area contributed by atoms with Crippen molar-refractivity contribution in [1.29, 1.82) is 0 Å². The molecule has 1 heterocycles. The van der Waals surface area contributed by atoms with E-state index in [2.05, 4.69) is 21.4 Å². The van der Waals surface area contributed by atoms with Gasteiger partial charge in [-0.05, 0) is 29.8 Å². The molecule has 0 atom stereocenters. The number of rotatable bonds is 2. The molecule has 0 aliphatic heterocycles. The molecule has 0 fully saturated rings. The topological polar surface area (TPSA) is 37.8 Å². The van der Waals surface area contributed by atoms with Gasteiger partial charge < -0.3 is 5.32 Å². The number of anilines is 2. The maximum absolute atomic E-state index is 5.93. The molecule has 1 radical (unpaired) electrons. The Hall–Kier alpha value is -1.03. The Balaban J connectivity index is 2.35. The van der Waals surface area contributed by atoms with Gasteiger partial charge in [0.25, 0.3) is 0 Å². The molecule has 0 saturated carbocycles. The number of benzene rings is 1. The van der Waals surface area contributed by atoms with Crippen LogP contribution < -0.4 is 5.32 Å². The van der Waals surface area contributed by atoms with Crippen molar-refractivity contribution in [2.75, 3.05) is 5.32 Å². The van der Waals surface area contributed by atoms with Crippen LogP contribution in [0.15, 0.2) is 24.3 Å². The van der Waals surface area contributed by atoms with Gasteiger partial charge in [0.15, 0.2) is 11.0 Å². The first-order valence-corrected chi connectivity index (χ1v) is 5.42. The fourth-order valence-electron chi connectivity index (χ4n) is 1.08. The van der Waals surface area contributed by atoms with Crippen molar-refractivity contribution >= 4 is 46.3 Å². The monoisotopic (exact) mass is 272 g/mol. The normalized spacial score (nSPS) is 10.2. The maximum atomic E-state index is 5.93. The van der Waals surface area contributed by atoms with Crippen molar-refractivity contribution in [3.8, 4) is 0 Å². The molecule has 1 N–H and O–H groups in total. The molecule has 16 heavy (non-hydrogen) atoms. The zero-order valence-corrected chi connectivity index (χ0v) is 10.1. The van der Waals surface area contributed by atoms with Crippen molar-refractivity contribution in [1.82, 2.24) is 9.97 Å². The van der Waals surface area contributed by atoms with Crippen LogP contribution in [-0.4, -0.2) is 9.97 Å². The van der Waals surface area contributed by atoms with E-state index in [4.69, 9.17) is 34.8 Å². The minimum absolute atomic E-state index is 0.0387. The second-order valence-corrected chi connectivity index (χ2v) is 3.94. The SMILES string of the molecule is Clc1nc(Cl)c(Cl)c(Nc2c[c]ccc2)n1. The smallest absolute Gasteiger partial charge is 0.225 e. The van der Waals surface area contributed by atoms with Gasteiger partial charge in [-0.25, -0.2) is 4.98 Å². The predicted molar refractivity (Wildman–Crippen MR) is 65.6 cm³/mol. The first-order chi connectivity index (χ1) is 7.66. The molecule has 1 aromatic heterocycles. The van der Waals surface area contributed by atoms with Crippen LogP contribution in [0, 0.1) is 6.07 Å². The number of hydrogen-bond acceptors (Lipinski definition) is 3. The number of nitrogens with zero attached hydrogens (tertiary/aromatic N) is 2. The van der Waals surface area contributed by atoms with Crippen molar-refractivity contribution in [2.45, 2.75) is 0 Å². The van der Waals surface area contributed by atoms with Crippen LogP contribution >= 0.6 is 34.8 Å². The molecule has 81 valence electrons. The van der Waals surface area contributed by atoms with E-state index >= 15 is 0 Å². The summed E-state index contributed by atoms with van der Waals surface area (Å²) < 4.78 is 0. The Kier molecular flexibility index (Phi) is 3.49. The van der Waals surface area contributed by atoms with Gasteiger partial charge in [0.1, 0.15) is 5.02 Å². The highest BCUT2D eigenvalue weighted by Crippen LogP contribution is 2.29. The van der Waals surface area contributed by atoms with Crippen LogP contribution in [0.25, 0.3) is 0 Å². The van der Waals surface area contributed by atoms with Crippen LogP contribution in [0.3, 0.4) is 0 Å². The molecule has 0 bridgehead atoms. The molecule has 3 nitrogen and oxygen atoms in total. The molecule has 2 aromatic rings. The molecule has 0 spiro atoms. The van der Waals surface area contributed by atoms with Crippen molar-refractivity contribution < 1.29 is 0 Å². The largest absolute Gasteiger partial charge is 0.339 e. The third-order valence-corrected chi connectivity index (χ3v) is 2.65. The van der Waals surface area contributed by atoms with Gasteiger partial charge in [0, 0.05) is 5.69 Å². The fourth-order valence-corrected chi connectivity index (χ4v) is 1.60. The lowest BCUT2D eigenvalue weighted by molar-refractivity contribution is 1.17. The van der Waals surface area contributed by atoms with E-state index < -0.39 is 0 Å². The maximum Gasteiger partial charge on any atom is 0.225 e. The Morgan fingerprint density at radius 3 is 2.69 bits per heavy atom. The molecule has 1 aromatic carbocycles. The lowest BCUT2D eigenvalue weighted by Crippen LogP contribution is -1.97. The summed E-state index contributed by atoms with van der Waals surface area (Å²) in [6, 6.07) is 10.1. The molecular formula is C10H5Cl3N3. The summed E-state index contributed by atoms with van der Waals surface area (Å²) in [7, 11) is 0. The second kappa shape index (κ2) is 4.87. The Morgan fingerprint density at radius 2 is 2.00 bits per heavy atom. The molecule has 0 saturated heterocycles. The third kappa shape index (κ3) is 2.55. The lowest BCUT2D eigenvalue weighted by Gasteiger charge is -2.07. The minimum Gasteiger partial charge on any atom is -0.339 e. The van der Waals surface area contributed by atoms with Gasteiger partial charge in [-0.2, -0.15) is 4.98 Å². The van der Waals surface area contributed by atoms with E-state index in [9.17, 15) is 0 Å². The molecule has 0 aliphatic carbocycles. The zero-order valence-electron chi connectivity index (χ0n) is 7.84. The van der Waals surface area contributed by atoms with Crippen LogP contribution in [0.4, 0.5) is 11.5 Å². The van der Waals surface area contributed by atoms with Gasteiger partial charge in [0.2, 0.25) is 5.28 Å². The van der Waals surface area contributed by atoms with Crippen LogP contribution in [0.2, 0.25) is 15.5 Å². The standard InChI is InChI=1S/C10H5Cl3N3/c11-7-8(12)15-10(13)16-9(7)14-6-4-2-1-3-5-6/h1-2,4-5H,(H,14,15,16). The summed E-state index contributed by atoms with van der Waals surface area (Å²) in [5.41, 5.74) is 0.787. The van der Waals surface area contributed by atoms with Gasteiger partial charge >= 0.3 is 0 Å². The average molecular weight is 274 g/mol. The summed E-state index contributed by atoms with van der Waals surface area (Å²) in [6.45, 7) is 0. The summed E-state index contributed by atoms with van der Waals surface area (Å²) in [4.78, 5) is 7.66. The quantitative estimate of drug-likeness (QED) is 0.664. The second-order valence-electron chi connectivity index (χ2n) is 2.86. The molecular weight excluding hydrogens is 268 g/mol.